The Labute approximate surface area is 238 Å². The Balaban J connectivity index is 1.80. The van der Waals surface area contributed by atoms with E-state index in [1.54, 1.807) is 58.0 Å². The number of aliphatic hydroxyl groups excluding tert-OH is 1. The molecule has 0 spiro atoms. The number of fused-ring (bicyclic) bond motifs is 1. The molecule has 222 valence electrons. The van der Waals surface area contributed by atoms with Gasteiger partial charge in [0.25, 0.3) is 0 Å². The molecular weight excluding hydrogens is 553 g/mol. The first-order chi connectivity index (χ1) is 19.2. The van der Waals surface area contributed by atoms with Gasteiger partial charge >= 0.3 is 238 Å². The molecule has 15 heteroatoms. The van der Waals surface area contributed by atoms with Gasteiger partial charge in [-0.15, -0.1) is 0 Å². The van der Waals surface area contributed by atoms with E-state index in [0.717, 1.165) is 12.7 Å². The van der Waals surface area contributed by atoms with E-state index in [0.29, 0.717) is 0 Å². The van der Waals surface area contributed by atoms with Gasteiger partial charge in [-0.1, -0.05) is 0 Å². The van der Waals surface area contributed by atoms with Crippen molar-refractivity contribution in [2.24, 2.45) is 15.0 Å². The van der Waals surface area contributed by atoms with Crippen LogP contribution in [0.1, 0.15) is 50.9 Å². The zero-order chi connectivity index (χ0) is 30.2. The molecule has 3 aliphatic rings. The first-order valence-electron chi connectivity index (χ1n) is 13.2. The fourth-order valence-corrected chi connectivity index (χ4v) is 9.36. The first-order valence-corrected chi connectivity index (χ1v) is 15.4. The van der Waals surface area contributed by atoms with Crippen LogP contribution in [0.15, 0.2) is 45.3 Å². The minimum absolute atomic E-state index is 0.116. The number of aliphatic hydroxyl groups is 2. The molecule has 0 saturated carbocycles. The number of benzene rings is 1. The van der Waals surface area contributed by atoms with Crippen LogP contribution in [0, 0.1) is 16.7 Å². The quantitative estimate of drug-likeness (QED) is 0.142. The van der Waals surface area contributed by atoms with Crippen molar-refractivity contribution in [1.29, 1.82) is 10.7 Å². The second-order valence-corrected chi connectivity index (χ2v) is 14.0. The fraction of sp³-hybridized carbons (Fsp3) is 0.538. The molecule has 0 amide bonds. The topological polar surface area (TPSA) is 208 Å². The summed E-state index contributed by atoms with van der Waals surface area (Å²) >= 11 is 0. The summed E-state index contributed by atoms with van der Waals surface area (Å²) in [4.78, 5) is 51.4. The number of aliphatic imine (C=N–C) groups is 3. The van der Waals surface area contributed by atoms with Crippen molar-refractivity contribution >= 4 is 37.6 Å². The van der Waals surface area contributed by atoms with Gasteiger partial charge in [-0.05, 0) is 0 Å². The molecule has 1 aromatic rings. The van der Waals surface area contributed by atoms with Gasteiger partial charge in [-0.25, -0.2) is 0 Å². The molecule has 4 rings (SSSR count). The van der Waals surface area contributed by atoms with Crippen molar-refractivity contribution in [3.8, 4) is 6.07 Å². The zero-order valence-corrected chi connectivity index (χ0v) is 24.2. The van der Waals surface area contributed by atoms with Crippen LogP contribution in [-0.4, -0.2) is 108 Å². The fourth-order valence-electron chi connectivity index (χ4n) is 5.79. The Morgan fingerprint density at radius 1 is 1.29 bits per heavy atom. The Kier molecular flexibility index (Phi) is 8.32. The second kappa shape index (κ2) is 11.0. The Hall–Kier alpha value is -2.99. The number of Topliss-reactive ketones (excluding diaryl/α,β-unsaturated/α-hetero) is 1. The molecule has 14 nitrogen and oxygen atoms in total. The van der Waals surface area contributed by atoms with Crippen molar-refractivity contribution in [2.75, 3.05) is 12.8 Å². The molecule has 0 radical (unpaired) electrons. The summed E-state index contributed by atoms with van der Waals surface area (Å²) < 4.78 is 13.3. The van der Waals surface area contributed by atoms with Crippen LogP contribution in [0.25, 0.3) is 0 Å². The van der Waals surface area contributed by atoms with E-state index in [1.165, 1.54) is 9.57 Å². The number of rotatable bonds is 11. The molecule has 3 aliphatic heterocycles. The number of ketones is 1. The van der Waals surface area contributed by atoms with Crippen LogP contribution in [0.5, 0.6) is 0 Å². The number of nitriles is 1. The van der Waals surface area contributed by atoms with Gasteiger partial charge in [-0.2, -0.15) is 0 Å². The van der Waals surface area contributed by atoms with Gasteiger partial charge in [0.1, 0.15) is 0 Å². The van der Waals surface area contributed by atoms with Crippen molar-refractivity contribution in [1.82, 2.24) is 9.57 Å². The predicted molar refractivity (Wildman–Crippen MR) is 152 cm³/mol. The van der Waals surface area contributed by atoms with Crippen LogP contribution >= 0.6 is 7.43 Å². The summed E-state index contributed by atoms with van der Waals surface area (Å²) in [6.45, 7) is 6.36. The van der Waals surface area contributed by atoms with Crippen molar-refractivity contribution < 1.29 is 34.1 Å². The molecule has 1 fully saturated rings. The Morgan fingerprint density at radius 2 is 1.95 bits per heavy atom. The van der Waals surface area contributed by atoms with Crippen LogP contribution < -0.4 is 0 Å². The van der Waals surface area contributed by atoms with Gasteiger partial charge in [0.05, 0.1) is 0 Å². The molecular formula is C26H36N7O7P. The average Bonchev–Trinajstić information content (AvgIpc) is 3.45. The number of nitrogens with zero attached hydrogens (tertiary/aromatic N) is 6. The SMILES string of the molecule is CC(C)N(C(C)C)P(O)(O)(CCC#N)O[C@@]1(O)C[C@@H](CO)O[C@H]1N1C=NC2(C(=O)c3ccccc3)C(=N)N=CN=C12. The monoisotopic (exact) mass is 589 g/mol. The number of carbonyl (C=O) groups is 1. The third kappa shape index (κ3) is 5.24. The molecule has 1 saturated heterocycles. The Bertz CT molecular complexity index is 1320. The van der Waals surface area contributed by atoms with Gasteiger partial charge in [0.2, 0.25) is 0 Å². The molecule has 1 aromatic carbocycles. The van der Waals surface area contributed by atoms with Crippen LogP contribution in [-0.2, 0) is 9.26 Å². The van der Waals surface area contributed by atoms with E-state index in [4.69, 9.17) is 14.7 Å². The molecule has 3 heterocycles. The number of ether oxygens (including phenoxy) is 1. The van der Waals surface area contributed by atoms with Gasteiger partial charge in [0.15, 0.2) is 0 Å². The van der Waals surface area contributed by atoms with Crippen LogP contribution in [0.3, 0.4) is 0 Å². The number of hydrogen-bond donors (Lipinski definition) is 5. The number of hydrogen-bond acceptors (Lipinski definition) is 13. The summed E-state index contributed by atoms with van der Waals surface area (Å²) in [6.07, 6.45) is -1.56. The molecule has 0 bridgehead atoms. The number of nitrogens with one attached hydrogen (secondary N) is 1. The number of carbonyl (C=O) groups excluding carboxylic acids is 1. The summed E-state index contributed by atoms with van der Waals surface area (Å²) in [5, 5.41) is 39.9. The van der Waals surface area contributed by atoms with E-state index >= 15 is 0 Å². The normalized spacial score (nSPS) is 28.6. The maximum absolute atomic E-state index is 13.8. The van der Waals surface area contributed by atoms with Gasteiger partial charge in [0, 0.05) is 0 Å². The molecule has 1 unspecified atom stereocenters. The second-order valence-electron chi connectivity index (χ2n) is 10.8. The van der Waals surface area contributed by atoms with E-state index in [2.05, 4.69) is 15.0 Å². The van der Waals surface area contributed by atoms with Gasteiger partial charge in [-0.3, -0.25) is 0 Å². The van der Waals surface area contributed by atoms with Crippen LogP contribution in [0.4, 0.5) is 0 Å². The number of amidine groups is 2. The first kappa shape index (κ1) is 31.0. The van der Waals surface area contributed by atoms with Crippen molar-refractivity contribution in [2.45, 2.75) is 76.3 Å². The predicted octanol–water partition coefficient (Wildman–Crippen LogP) is 1.41. The standard InChI is InChI=1S/C26H36N7O7P/c1-17(2)33(18(3)4)41(37,38,12-8-11-27)40-25(36)13-20(14-34)39-24(25)32-16-31-26(22(28)29-15-30-23(26)32)21(35)19-9-6-5-7-10-19/h5-7,9-10,15-18,20,24,28,34,36-38H,8,12-14H2,1-4H3/t20-,24+,25-,26?/m0/s1. The molecule has 41 heavy (non-hydrogen) atoms. The van der Waals surface area contributed by atoms with E-state index < -0.39 is 74.0 Å². The van der Waals surface area contributed by atoms with Crippen LogP contribution in [0.2, 0.25) is 0 Å². The summed E-state index contributed by atoms with van der Waals surface area (Å²) in [5.41, 5.74) is -1.76. The molecule has 4 atom stereocenters. The molecule has 0 aliphatic carbocycles. The van der Waals surface area contributed by atoms with E-state index in [9.17, 15) is 30.1 Å². The van der Waals surface area contributed by atoms with E-state index in [-0.39, 0.29) is 17.8 Å². The summed E-state index contributed by atoms with van der Waals surface area (Å²) in [6, 6.07) is 9.15. The summed E-state index contributed by atoms with van der Waals surface area (Å²) in [5.74, 6) is -3.62. The maximum atomic E-state index is 13.8. The van der Waals surface area contributed by atoms with Gasteiger partial charge < -0.3 is 0 Å². The third-order valence-corrected chi connectivity index (χ3v) is 10.7. The van der Waals surface area contributed by atoms with Crippen molar-refractivity contribution in [3.05, 3.63) is 35.9 Å². The summed E-state index contributed by atoms with van der Waals surface area (Å²) in [7, 11) is -5.51. The Morgan fingerprint density at radius 3 is 2.54 bits per heavy atom. The third-order valence-electron chi connectivity index (χ3n) is 7.18. The molecule has 5 N–H and O–H groups in total. The molecule has 0 aromatic heterocycles. The van der Waals surface area contributed by atoms with Crippen molar-refractivity contribution in [3.63, 3.8) is 0 Å². The average molecular weight is 590 g/mol. The van der Waals surface area contributed by atoms with E-state index in [1.807, 2.05) is 6.07 Å². The zero-order valence-electron chi connectivity index (χ0n) is 23.3. The minimum atomic E-state index is -5.51.